The summed E-state index contributed by atoms with van der Waals surface area (Å²) in [6.07, 6.45) is 1.12. The average molecular weight is 591 g/mol. The van der Waals surface area contributed by atoms with E-state index in [2.05, 4.69) is 0 Å². The zero-order valence-corrected chi connectivity index (χ0v) is 24.1. The number of likely N-dealkylation sites (tertiary alicyclic amines) is 1. The molecule has 216 valence electrons. The number of para-hydroxylation sites is 4. The van der Waals surface area contributed by atoms with Gasteiger partial charge in [-0.1, -0.05) is 66.7 Å². The van der Waals surface area contributed by atoms with Crippen molar-refractivity contribution in [3.63, 3.8) is 0 Å². The summed E-state index contributed by atoms with van der Waals surface area (Å²) < 4.78 is 0. The summed E-state index contributed by atoms with van der Waals surface area (Å²) in [6.45, 7) is 0.125. The summed E-state index contributed by atoms with van der Waals surface area (Å²) in [5.74, 6) is -0.400. The molecule has 4 aromatic carbocycles. The molecule has 0 aromatic heterocycles. The van der Waals surface area contributed by atoms with Crippen LogP contribution >= 0.6 is 11.8 Å². The van der Waals surface area contributed by atoms with E-state index in [-0.39, 0.29) is 18.6 Å². The molecule has 9 heteroatoms. The number of anilines is 4. The van der Waals surface area contributed by atoms with E-state index in [1.54, 1.807) is 26.5 Å². The van der Waals surface area contributed by atoms with Crippen LogP contribution in [0.15, 0.2) is 114 Å². The summed E-state index contributed by atoms with van der Waals surface area (Å²) in [5, 5.41) is 10.6. The topological polar surface area (TPSA) is 84.4 Å². The third-order valence-electron chi connectivity index (χ3n) is 8.51. The standard InChI is InChI=1S/C34H30N4O4S/c39-32(40)31-29-20-19-26(21-35(31)33(41)36(24-12-3-1-4-13-24)25-14-5-2-6-15-25)37(29)34(42)38-27-16-8-7-11-23(27)22-43-30-18-10-9-17-28(30)38/h1-18,26,29,31H,19-22H2,(H,39,40)/t26-,29+,31-/m0/s1. The van der Waals surface area contributed by atoms with E-state index in [9.17, 15) is 19.5 Å². The molecule has 3 atom stereocenters. The summed E-state index contributed by atoms with van der Waals surface area (Å²) >= 11 is 1.68. The van der Waals surface area contributed by atoms with Gasteiger partial charge >= 0.3 is 18.0 Å². The first-order valence-electron chi connectivity index (χ1n) is 14.4. The molecule has 3 heterocycles. The molecule has 2 saturated heterocycles. The first-order chi connectivity index (χ1) is 21.0. The van der Waals surface area contributed by atoms with Crippen molar-refractivity contribution in [1.29, 1.82) is 0 Å². The number of thioether (sulfide) groups is 1. The summed E-state index contributed by atoms with van der Waals surface area (Å²) in [4.78, 5) is 49.5. The fourth-order valence-corrected chi connectivity index (χ4v) is 7.65. The van der Waals surface area contributed by atoms with Gasteiger partial charge in [0.2, 0.25) is 0 Å². The lowest BCUT2D eigenvalue weighted by molar-refractivity contribution is -0.145. The van der Waals surface area contributed by atoms with Gasteiger partial charge < -0.3 is 14.9 Å². The Bertz CT molecular complexity index is 1600. The number of benzene rings is 4. The number of carbonyl (C=O) groups is 3. The van der Waals surface area contributed by atoms with Crippen LogP contribution in [0.3, 0.4) is 0 Å². The van der Waals surface area contributed by atoms with Crippen molar-refractivity contribution in [2.24, 2.45) is 0 Å². The summed E-state index contributed by atoms with van der Waals surface area (Å²) in [7, 11) is 0. The molecule has 8 nitrogen and oxygen atoms in total. The van der Waals surface area contributed by atoms with Gasteiger partial charge in [0, 0.05) is 17.2 Å². The van der Waals surface area contributed by atoms with Crippen molar-refractivity contribution in [3.05, 3.63) is 115 Å². The Labute approximate surface area is 254 Å². The predicted molar refractivity (Wildman–Crippen MR) is 167 cm³/mol. The number of fused-ring (bicyclic) bond motifs is 4. The monoisotopic (exact) mass is 590 g/mol. The third kappa shape index (κ3) is 4.70. The Morgan fingerprint density at radius 3 is 2.02 bits per heavy atom. The number of rotatable bonds is 3. The van der Waals surface area contributed by atoms with E-state index in [1.165, 1.54) is 4.90 Å². The number of carboxylic acid groups (broad SMARTS) is 1. The molecule has 0 saturated carbocycles. The lowest BCUT2D eigenvalue weighted by Gasteiger charge is -2.47. The molecule has 2 fully saturated rings. The van der Waals surface area contributed by atoms with Crippen molar-refractivity contribution in [1.82, 2.24) is 9.80 Å². The Balaban J connectivity index is 1.27. The van der Waals surface area contributed by atoms with E-state index in [0.717, 1.165) is 27.6 Å². The number of amides is 4. The third-order valence-corrected chi connectivity index (χ3v) is 9.62. The molecule has 3 aliphatic heterocycles. The van der Waals surface area contributed by atoms with Crippen molar-refractivity contribution in [3.8, 4) is 0 Å². The van der Waals surface area contributed by atoms with Gasteiger partial charge in [-0.25, -0.2) is 14.4 Å². The molecule has 0 spiro atoms. The van der Waals surface area contributed by atoms with Crippen LogP contribution in [0, 0.1) is 0 Å². The van der Waals surface area contributed by atoms with Crippen molar-refractivity contribution in [2.45, 2.75) is 41.6 Å². The number of carboxylic acids is 1. The maximum atomic E-state index is 14.6. The summed E-state index contributed by atoms with van der Waals surface area (Å²) in [6, 6.07) is 31.3. The van der Waals surface area contributed by atoms with Gasteiger partial charge in [0.1, 0.15) is 0 Å². The maximum absolute atomic E-state index is 14.6. The highest BCUT2D eigenvalue weighted by Crippen LogP contribution is 2.45. The molecule has 7 rings (SSSR count). The zero-order valence-electron chi connectivity index (χ0n) is 23.3. The highest BCUT2D eigenvalue weighted by molar-refractivity contribution is 7.98. The molecule has 1 N–H and O–H groups in total. The molecule has 43 heavy (non-hydrogen) atoms. The minimum absolute atomic E-state index is 0.125. The van der Waals surface area contributed by atoms with Gasteiger partial charge in [0.05, 0.1) is 34.8 Å². The van der Waals surface area contributed by atoms with Crippen LogP contribution in [0.1, 0.15) is 18.4 Å². The normalized spacial score (nSPS) is 20.6. The minimum Gasteiger partial charge on any atom is -0.480 e. The number of hydrogen-bond donors (Lipinski definition) is 1. The lowest BCUT2D eigenvalue weighted by Crippen LogP contribution is -2.67. The van der Waals surface area contributed by atoms with Gasteiger partial charge in [0.15, 0.2) is 6.04 Å². The van der Waals surface area contributed by atoms with Gasteiger partial charge in [-0.3, -0.25) is 9.80 Å². The van der Waals surface area contributed by atoms with Crippen LogP contribution in [0.5, 0.6) is 0 Å². The number of hydrogen-bond acceptors (Lipinski definition) is 4. The van der Waals surface area contributed by atoms with E-state index >= 15 is 0 Å². The second-order valence-electron chi connectivity index (χ2n) is 10.9. The number of piperazine rings is 1. The molecular weight excluding hydrogens is 560 g/mol. The van der Waals surface area contributed by atoms with E-state index in [0.29, 0.717) is 24.2 Å². The van der Waals surface area contributed by atoms with Crippen molar-refractivity contribution < 1.29 is 19.5 Å². The number of nitrogens with zero attached hydrogens (tertiary/aromatic N) is 4. The molecule has 2 bridgehead atoms. The highest BCUT2D eigenvalue weighted by atomic mass is 32.2. The number of urea groups is 2. The second-order valence-corrected chi connectivity index (χ2v) is 12.0. The predicted octanol–water partition coefficient (Wildman–Crippen LogP) is 7.11. The largest absolute Gasteiger partial charge is 0.480 e. The second kappa shape index (κ2) is 11.1. The Hall–Kier alpha value is -4.76. The smallest absolute Gasteiger partial charge is 0.329 e. The molecule has 4 aromatic rings. The molecular formula is C34H30N4O4S. The zero-order chi connectivity index (χ0) is 29.5. The first-order valence-corrected chi connectivity index (χ1v) is 15.4. The summed E-state index contributed by atoms with van der Waals surface area (Å²) in [5.41, 5.74) is 3.91. The van der Waals surface area contributed by atoms with Crippen LogP contribution in [-0.2, 0) is 10.5 Å². The highest BCUT2D eigenvalue weighted by Gasteiger charge is 2.54. The Morgan fingerprint density at radius 1 is 0.744 bits per heavy atom. The van der Waals surface area contributed by atoms with Gasteiger partial charge in [-0.05, 0) is 60.9 Å². The molecule has 4 amide bonds. The van der Waals surface area contributed by atoms with Crippen molar-refractivity contribution >= 4 is 52.5 Å². The first kappa shape index (κ1) is 27.1. The van der Waals surface area contributed by atoms with E-state index in [4.69, 9.17) is 0 Å². The van der Waals surface area contributed by atoms with E-state index in [1.807, 2.05) is 109 Å². The van der Waals surface area contributed by atoms with Crippen LogP contribution in [-0.4, -0.2) is 57.6 Å². The lowest BCUT2D eigenvalue weighted by atomic mass is 10.0. The quantitative estimate of drug-likeness (QED) is 0.275. The van der Waals surface area contributed by atoms with E-state index < -0.39 is 24.1 Å². The number of carbonyl (C=O) groups excluding carboxylic acids is 2. The Kier molecular flexibility index (Phi) is 7.02. The van der Waals surface area contributed by atoms with Crippen molar-refractivity contribution in [2.75, 3.05) is 16.3 Å². The van der Waals surface area contributed by atoms with Crippen LogP contribution in [0.25, 0.3) is 0 Å². The maximum Gasteiger partial charge on any atom is 0.329 e. The minimum atomic E-state index is -1.20. The SMILES string of the molecule is O=C(O)[C@@H]1[C@H]2CC[C@@H](CN1C(=O)N(c1ccccc1)c1ccccc1)N2C(=O)N1c2ccccc2CSc2ccccc21. The molecule has 0 radical (unpaired) electrons. The van der Waals surface area contributed by atoms with Gasteiger partial charge in [-0.2, -0.15) is 0 Å². The fraction of sp³-hybridized carbons (Fsp3) is 0.206. The Morgan fingerprint density at radius 2 is 1.35 bits per heavy atom. The van der Waals surface area contributed by atoms with Crippen LogP contribution < -0.4 is 9.80 Å². The van der Waals surface area contributed by atoms with Crippen LogP contribution in [0.2, 0.25) is 0 Å². The fourth-order valence-electron chi connectivity index (χ4n) is 6.62. The van der Waals surface area contributed by atoms with Crippen LogP contribution in [0.4, 0.5) is 32.3 Å². The van der Waals surface area contributed by atoms with Gasteiger partial charge in [-0.15, -0.1) is 11.8 Å². The molecule has 3 aliphatic rings. The molecule has 0 aliphatic carbocycles. The average Bonchev–Trinajstić information content (AvgIpc) is 3.23. The molecule has 0 unspecified atom stereocenters. The van der Waals surface area contributed by atoms with Gasteiger partial charge in [0.25, 0.3) is 0 Å². The number of aliphatic carboxylic acids is 1.